The Morgan fingerprint density at radius 3 is 2.33 bits per heavy atom. The molecule has 3 heterocycles. The molecule has 1 fully saturated rings. The third kappa shape index (κ3) is 7.86. The van der Waals surface area contributed by atoms with Crippen LogP contribution in [0.4, 0.5) is 35.9 Å². The van der Waals surface area contributed by atoms with Gasteiger partial charge in [-0.1, -0.05) is 11.6 Å². The van der Waals surface area contributed by atoms with E-state index >= 15 is 0 Å². The number of rotatable bonds is 9. The normalized spacial score (nSPS) is 18.3. The van der Waals surface area contributed by atoms with Crippen molar-refractivity contribution in [1.29, 1.82) is 0 Å². The Bertz CT molecular complexity index is 1300. The van der Waals surface area contributed by atoms with Crippen molar-refractivity contribution in [2.45, 2.75) is 76.3 Å². The topological polar surface area (TPSA) is 119 Å². The fourth-order valence-corrected chi connectivity index (χ4v) is 4.14. The zero-order valence-electron chi connectivity index (χ0n) is 23.5. The number of halogens is 7. The van der Waals surface area contributed by atoms with E-state index in [2.05, 4.69) is 15.4 Å². The van der Waals surface area contributed by atoms with Crippen LogP contribution in [0.15, 0.2) is 12.3 Å². The first-order valence-electron chi connectivity index (χ1n) is 12.5. The van der Waals surface area contributed by atoms with E-state index in [9.17, 15) is 35.9 Å². The lowest BCUT2D eigenvalue weighted by atomic mass is 10.1. The number of hydrogen-bond donors (Lipinski definition) is 2. The standard InChI is InChI=1S/C24H31ClF6N6O5/c1-21(2,3)42-20(39)33-14(10-41-22(4,5)24(29,30)31)13-8-37-17(32-13)7-12(18(25)35-37)15(11-40-6)36-9-16(23(26,27)28)34-19(36)38/h7-8,14-16H,9-11H2,1-6H3,(H,33,39)(H,34,38)/t14-,15+,16-/m0/s1. The van der Waals surface area contributed by atoms with Gasteiger partial charge >= 0.3 is 24.5 Å². The molecule has 0 saturated carbocycles. The molecule has 1 aliphatic heterocycles. The number of fused-ring (bicyclic) bond motifs is 1. The van der Waals surface area contributed by atoms with Crippen molar-refractivity contribution in [3.63, 3.8) is 0 Å². The van der Waals surface area contributed by atoms with Crippen LogP contribution in [0, 0.1) is 0 Å². The lowest BCUT2D eigenvalue weighted by molar-refractivity contribution is -0.265. The van der Waals surface area contributed by atoms with E-state index in [4.69, 9.17) is 25.8 Å². The van der Waals surface area contributed by atoms with Crippen molar-refractivity contribution in [2.75, 3.05) is 26.9 Å². The summed E-state index contributed by atoms with van der Waals surface area (Å²) in [6, 6.07) is -4.11. The fourth-order valence-electron chi connectivity index (χ4n) is 3.88. The van der Waals surface area contributed by atoms with Crippen LogP contribution in [-0.4, -0.2) is 88.1 Å². The summed E-state index contributed by atoms with van der Waals surface area (Å²) in [6.45, 7) is 4.80. The van der Waals surface area contributed by atoms with Gasteiger partial charge in [0.25, 0.3) is 0 Å². The van der Waals surface area contributed by atoms with Gasteiger partial charge in [0.15, 0.2) is 16.4 Å². The van der Waals surface area contributed by atoms with Crippen LogP contribution in [0.1, 0.15) is 58.0 Å². The maximum Gasteiger partial charge on any atom is 0.416 e. The van der Waals surface area contributed by atoms with Gasteiger partial charge in [-0.3, -0.25) is 0 Å². The second kappa shape index (κ2) is 11.9. The molecule has 0 radical (unpaired) electrons. The second-order valence-electron chi connectivity index (χ2n) is 11.0. The number of nitrogens with zero attached hydrogens (tertiary/aromatic N) is 4. The minimum atomic E-state index is -4.73. The molecule has 0 bridgehead atoms. The van der Waals surface area contributed by atoms with Crippen molar-refractivity contribution < 1.29 is 50.1 Å². The third-order valence-electron chi connectivity index (χ3n) is 6.19. The largest absolute Gasteiger partial charge is 0.444 e. The predicted molar refractivity (Wildman–Crippen MR) is 136 cm³/mol. The predicted octanol–water partition coefficient (Wildman–Crippen LogP) is 4.95. The number of nitrogens with one attached hydrogen (secondary N) is 2. The number of urea groups is 1. The van der Waals surface area contributed by atoms with E-state index < -0.39 is 67.0 Å². The van der Waals surface area contributed by atoms with Gasteiger partial charge in [0, 0.05) is 12.7 Å². The highest BCUT2D eigenvalue weighted by Crippen LogP contribution is 2.35. The number of methoxy groups -OCH3 is 1. The van der Waals surface area contributed by atoms with Crippen LogP contribution >= 0.6 is 11.6 Å². The van der Waals surface area contributed by atoms with Crippen LogP contribution in [0.3, 0.4) is 0 Å². The summed E-state index contributed by atoms with van der Waals surface area (Å²) >= 11 is 6.37. The van der Waals surface area contributed by atoms with Crippen molar-refractivity contribution >= 4 is 29.4 Å². The van der Waals surface area contributed by atoms with E-state index in [1.807, 2.05) is 5.32 Å². The molecule has 2 N–H and O–H groups in total. The van der Waals surface area contributed by atoms with Gasteiger partial charge in [-0.2, -0.15) is 31.4 Å². The van der Waals surface area contributed by atoms with Crippen LogP contribution < -0.4 is 10.6 Å². The van der Waals surface area contributed by atoms with Gasteiger partial charge < -0.3 is 29.7 Å². The summed E-state index contributed by atoms with van der Waals surface area (Å²) in [5.74, 6) is 0. The molecule has 2 aromatic rings. The Hall–Kier alpha value is -3.05. The Morgan fingerprint density at radius 1 is 1.17 bits per heavy atom. The average Bonchev–Trinajstić information content (AvgIpc) is 3.41. The van der Waals surface area contributed by atoms with Crippen LogP contribution in [-0.2, 0) is 14.2 Å². The van der Waals surface area contributed by atoms with Gasteiger partial charge in [-0.25, -0.2) is 19.1 Å². The quantitative estimate of drug-likeness (QED) is 0.376. The summed E-state index contributed by atoms with van der Waals surface area (Å²) in [5, 5.41) is 8.26. The maximum atomic E-state index is 13.4. The molecule has 11 nitrogen and oxygen atoms in total. The SMILES string of the molecule is COC[C@H](c1cc2nc([C@H](COC(C)(C)C(F)(F)F)NC(=O)OC(C)(C)C)cn2nc1Cl)N1C[C@@H](C(F)(F)F)NC1=O. The summed E-state index contributed by atoms with van der Waals surface area (Å²) in [6.07, 6.45) is -9.09. The summed E-state index contributed by atoms with van der Waals surface area (Å²) < 4.78 is 96.7. The van der Waals surface area contributed by atoms with Crippen LogP contribution in [0.25, 0.3) is 5.65 Å². The zero-order chi connectivity index (χ0) is 31.8. The van der Waals surface area contributed by atoms with E-state index in [1.54, 1.807) is 20.8 Å². The number of imidazole rings is 1. The molecule has 0 aliphatic carbocycles. The third-order valence-corrected chi connectivity index (χ3v) is 6.48. The summed E-state index contributed by atoms with van der Waals surface area (Å²) in [5.41, 5.74) is -3.32. The number of hydrogen-bond acceptors (Lipinski definition) is 7. The molecule has 42 heavy (non-hydrogen) atoms. The molecular weight excluding hydrogens is 602 g/mol. The Morgan fingerprint density at radius 2 is 1.81 bits per heavy atom. The van der Waals surface area contributed by atoms with E-state index in [1.165, 1.54) is 19.4 Å². The Kier molecular flexibility index (Phi) is 9.49. The molecule has 3 amide bonds. The Balaban J connectivity index is 1.98. The number of alkyl carbamates (subject to hydrolysis) is 1. The number of carbonyl (C=O) groups excluding carboxylic acids is 2. The molecule has 236 valence electrons. The molecule has 1 saturated heterocycles. The highest BCUT2D eigenvalue weighted by molar-refractivity contribution is 6.30. The minimum absolute atomic E-state index is 0.0129. The molecule has 2 aromatic heterocycles. The van der Waals surface area contributed by atoms with E-state index in [0.717, 1.165) is 23.3 Å². The zero-order valence-corrected chi connectivity index (χ0v) is 24.2. The van der Waals surface area contributed by atoms with Crippen molar-refractivity contribution in [3.05, 3.63) is 28.7 Å². The van der Waals surface area contributed by atoms with Crippen molar-refractivity contribution in [1.82, 2.24) is 30.1 Å². The minimum Gasteiger partial charge on any atom is -0.444 e. The Labute approximate surface area is 241 Å². The van der Waals surface area contributed by atoms with Crippen molar-refractivity contribution in [2.24, 2.45) is 0 Å². The molecule has 3 rings (SSSR count). The highest BCUT2D eigenvalue weighted by atomic mass is 35.5. The number of aromatic nitrogens is 3. The highest BCUT2D eigenvalue weighted by Gasteiger charge is 2.50. The van der Waals surface area contributed by atoms with Crippen molar-refractivity contribution in [3.8, 4) is 0 Å². The molecule has 18 heteroatoms. The summed E-state index contributed by atoms with van der Waals surface area (Å²) in [4.78, 5) is 30.2. The number of amides is 3. The number of ether oxygens (including phenoxy) is 3. The lowest BCUT2D eigenvalue weighted by Gasteiger charge is -2.30. The van der Waals surface area contributed by atoms with Crippen LogP contribution in [0.5, 0.6) is 0 Å². The first kappa shape index (κ1) is 33.5. The first-order chi connectivity index (χ1) is 19.1. The second-order valence-corrected chi connectivity index (χ2v) is 11.4. The molecular formula is C24H31ClF6N6O5. The van der Waals surface area contributed by atoms with Gasteiger partial charge in [-0.05, 0) is 40.7 Å². The molecule has 3 atom stereocenters. The maximum absolute atomic E-state index is 13.4. The van der Waals surface area contributed by atoms with Gasteiger partial charge in [0.05, 0.1) is 43.7 Å². The molecule has 1 aliphatic rings. The van der Waals surface area contributed by atoms with E-state index in [0.29, 0.717) is 0 Å². The van der Waals surface area contributed by atoms with Gasteiger partial charge in [0.1, 0.15) is 11.6 Å². The number of carbonyl (C=O) groups is 2. The monoisotopic (exact) mass is 632 g/mol. The average molecular weight is 633 g/mol. The number of alkyl halides is 6. The van der Waals surface area contributed by atoms with Gasteiger partial charge in [-0.15, -0.1) is 0 Å². The molecule has 0 aromatic carbocycles. The fraction of sp³-hybridized carbons (Fsp3) is 0.667. The van der Waals surface area contributed by atoms with Gasteiger partial charge in [0.2, 0.25) is 0 Å². The summed E-state index contributed by atoms with van der Waals surface area (Å²) in [7, 11) is 1.28. The van der Waals surface area contributed by atoms with Crippen LogP contribution in [0.2, 0.25) is 5.15 Å². The van der Waals surface area contributed by atoms with E-state index in [-0.39, 0.29) is 28.7 Å². The smallest absolute Gasteiger partial charge is 0.416 e. The molecule has 0 unspecified atom stereocenters. The molecule has 0 spiro atoms. The lowest BCUT2D eigenvalue weighted by Crippen LogP contribution is -2.44. The first-order valence-corrected chi connectivity index (χ1v) is 12.9.